The Hall–Kier alpha value is -5.88. The lowest BCUT2D eigenvalue weighted by atomic mass is 9.96. The van der Waals surface area contributed by atoms with Crippen molar-refractivity contribution in [3.63, 3.8) is 0 Å². The maximum atomic E-state index is 5.32. The highest BCUT2D eigenvalue weighted by molar-refractivity contribution is 6.14. The number of nitrogens with zero attached hydrogens (tertiary/aromatic N) is 5. The number of hydrogen-bond acceptors (Lipinski definition) is 5. The normalized spacial score (nSPS) is 12.0. The molecule has 9 rings (SSSR count). The summed E-state index contributed by atoms with van der Waals surface area (Å²) < 4.78 is 2.11. The van der Waals surface area contributed by atoms with E-state index in [4.69, 9.17) is 19.9 Å². The van der Waals surface area contributed by atoms with E-state index in [1.54, 1.807) is 0 Å². The van der Waals surface area contributed by atoms with E-state index in [2.05, 4.69) is 70.5 Å². The standard InChI is InChI=1S/C36H22N6/c1-3-11-23(12-4-1)34-39-35(24-13-5-2-6-14-24)41-36(40-34)42-29-20-8-7-17-25(29)33-30(42)21-28-32(38-33)26-18-9-15-22-16-10-19-27(37-28)31(22)26/h1-21,37H. The van der Waals surface area contributed by atoms with E-state index >= 15 is 0 Å². The van der Waals surface area contributed by atoms with Crippen LogP contribution < -0.4 is 5.32 Å². The molecule has 1 aliphatic rings. The minimum absolute atomic E-state index is 0.550. The van der Waals surface area contributed by atoms with E-state index in [0.717, 1.165) is 55.7 Å². The smallest absolute Gasteiger partial charge is 0.238 e. The van der Waals surface area contributed by atoms with Crippen molar-refractivity contribution in [1.29, 1.82) is 0 Å². The highest BCUT2D eigenvalue weighted by atomic mass is 15.2. The number of anilines is 2. The number of aromatic nitrogens is 5. The third kappa shape index (κ3) is 3.39. The second-order valence-electron chi connectivity index (χ2n) is 10.5. The van der Waals surface area contributed by atoms with Gasteiger partial charge in [0.1, 0.15) is 0 Å². The van der Waals surface area contributed by atoms with Crippen molar-refractivity contribution in [3.05, 3.63) is 127 Å². The summed E-state index contributed by atoms with van der Waals surface area (Å²) >= 11 is 0. The highest BCUT2D eigenvalue weighted by Gasteiger charge is 2.24. The lowest BCUT2D eigenvalue weighted by molar-refractivity contribution is 0.953. The quantitative estimate of drug-likeness (QED) is 0.244. The summed E-state index contributed by atoms with van der Waals surface area (Å²) in [4.78, 5) is 20.3. The van der Waals surface area contributed by atoms with Gasteiger partial charge in [-0.05, 0) is 23.6 Å². The Bertz CT molecular complexity index is 2260. The molecule has 6 heteroatoms. The van der Waals surface area contributed by atoms with Crippen LogP contribution in [0.2, 0.25) is 0 Å². The molecule has 1 N–H and O–H groups in total. The molecule has 0 saturated heterocycles. The summed E-state index contributed by atoms with van der Waals surface area (Å²) in [5.74, 6) is 1.79. The molecule has 0 bridgehead atoms. The first-order chi connectivity index (χ1) is 20.8. The van der Waals surface area contributed by atoms with Crippen LogP contribution in [0.4, 0.5) is 11.4 Å². The Morgan fingerprint density at radius 1 is 0.524 bits per heavy atom. The second-order valence-corrected chi connectivity index (χ2v) is 10.5. The lowest BCUT2D eigenvalue weighted by Gasteiger charge is -2.22. The largest absolute Gasteiger partial charge is 0.353 e. The zero-order valence-electron chi connectivity index (χ0n) is 22.4. The van der Waals surface area contributed by atoms with E-state index in [1.807, 2.05) is 66.7 Å². The van der Waals surface area contributed by atoms with E-state index < -0.39 is 0 Å². The first kappa shape index (κ1) is 22.9. The van der Waals surface area contributed by atoms with Crippen LogP contribution in [-0.2, 0) is 0 Å². The Kier molecular flexibility index (Phi) is 4.80. The molecule has 0 aliphatic carbocycles. The Labute approximate surface area is 241 Å². The van der Waals surface area contributed by atoms with Gasteiger partial charge in [0.15, 0.2) is 11.6 Å². The van der Waals surface area contributed by atoms with Crippen LogP contribution in [0.5, 0.6) is 0 Å². The highest BCUT2D eigenvalue weighted by Crippen LogP contribution is 2.45. The van der Waals surface area contributed by atoms with Crippen LogP contribution >= 0.6 is 0 Å². The number of hydrogen-bond donors (Lipinski definition) is 1. The van der Waals surface area contributed by atoms with Crippen LogP contribution in [0.1, 0.15) is 0 Å². The molecule has 3 aromatic heterocycles. The second kappa shape index (κ2) is 8.81. The first-order valence-corrected chi connectivity index (χ1v) is 13.9. The van der Waals surface area contributed by atoms with Gasteiger partial charge in [-0.2, -0.15) is 9.97 Å². The minimum Gasteiger partial charge on any atom is -0.353 e. The fraction of sp³-hybridized carbons (Fsp3) is 0. The molecule has 0 atom stereocenters. The predicted octanol–water partition coefficient (Wildman–Crippen LogP) is 8.57. The predicted molar refractivity (Wildman–Crippen MR) is 169 cm³/mol. The molecular weight excluding hydrogens is 516 g/mol. The average molecular weight is 539 g/mol. The van der Waals surface area contributed by atoms with Gasteiger partial charge >= 0.3 is 0 Å². The van der Waals surface area contributed by atoms with Crippen LogP contribution in [-0.4, -0.2) is 24.5 Å². The number of nitrogens with one attached hydrogen (secondary N) is 1. The van der Waals surface area contributed by atoms with Crippen molar-refractivity contribution >= 4 is 44.1 Å². The molecule has 42 heavy (non-hydrogen) atoms. The number of pyridine rings is 1. The maximum absolute atomic E-state index is 5.32. The molecule has 5 aromatic carbocycles. The van der Waals surface area contributed by atoms with Crippen LogP contribution in [0.3, 0.4) is 0 Å². The summed E-state index contributed by atoms with van der Waals surface area (Å²) in [6.45, 7) is 0. The number of fused-ring (bicyclic) bond motifs is 5. The summed E-state index contributed by atoms with van der Waals surface area (Å²) in [5.41, 5.74) is 8.80. The van der Waals surface area contributed by atoms with Crippen LogP contribution in [0.15, 0.2) is 127 Å². The zero-order valence-corrected chi connectivity index (χ0v) is 22.4. The average Bonchev–Trinajstić information content (AvgIpc) is 3.38. The molecule has 1 aliphatic heterocycles. The van der Waals surface area contributed by atoms with Gasteiger partial charge in [-0.1, -0.05) is 109 Å². The molecule has 6 nitrogen and oxygen atoms in total. The summed E-state index contributed by atoms with van der Waals surface area (Å²) in [6, 6.07) is 43.4. The van der Waals surface area contributed by atoms with Crippen molar-refractivity contribution in [2.45, 2.75) is 0 Å². The van der Waals surface area contributed by atoms with Gasteiger partial charge in [0, 0.05) is 33.2 Å². The molecule has 0 radical (unpaired) electrons. The maximum Gasteiger partial charge on any atom is 0.238 e. The molecule has 0 spiro atoms. The Morgan fingerprint density at radius 2 is 1.19 bits per heavy atom. The van der Waals surface area contributed by atoms with Crippen molar-refractivity contribution < 1.29 is 0 Å². The van der Waals surface area contributed by atoms with Gasteiger partial charge in [0.05, 0.1) is 27.9 Å². The van der Waals surface area contributed by atoms with Gasteiger partial charge in [-0.15, -0.1) is 0 Å². The number of para-hydroxylation sites is 1. The van der Waals surface area contributed by atoms with Crippen LogP contribution in [0.25, 0.3) is 72.7 Å². The molecule has 0 saturated carbocycles. The summed E-state index contributed by atoms with van der Waals surface area (Å²) in [5, 5.41) is 7.10. The van der Waals surface area contributed by atoms with Crippen molar-refractivity contribution in [2.75, 3.05) is 5.32 Å². The Morgan fingerprint density at radius 3 is 1.93 bits per heavy atom. The number of rotatable bonds is 3. The SMILES string of the molecule is c1ccc(-c2nc(-c3ccccc3)nc(-n3c4ccccc4c4nc5c(cc43)Nc3cccc4cccc-5c34)n2)cc1. The zero-order chi connectivity index (χ0) is 27.6. The van der Waals surface area contributed by atoms with Gasteiger partial charge in [-0.25, -0.2) is 9.97 Å². The van der Waals surface area contributed by atoms with Crippen molar-refractivity contribution in [1.82, 2.24) is 24.5 Å². The molecule has 8 aromatic rings. The third-order valence-corrected chi connectivity index (χ3v) is 7.96. The van der Waals surface area contributed by atoms with E-state index in [-0.39, 0.29) is 0 Å². The fourth-order valence-electron chi connectivity index (χ4n) is 6.07. The van der Waals surface area contributed by atoms with Gasteiger partial charge < -0.3 is 5.32 Å². The Balaban J connectivity index is 1.35. The van der Waals surface area contributed by atoms with Crippen molar-refractivity contribution in [3.8, 4) is 40.0 Å². The van der Waals surface area contributed by atoms with Gasteiger partial charge in [0.2, 0.25) is 5.95 Å². The van der Waals surface area contributed by atoms with Crippen molar-refractivity contribution in [2.24, 2.45) is 0 Å². The molecule has 196 valence electrons. The van der Waals surface area contributed by atoms with E-state index in [1.165, 1.54) is 10.8 Å². The molecule has 4 heterocycles. The topological polar surface area (TPSA) is 68.5 Å². The van der Waals surface area contributed by atoms with E-state index in [9.17, 15) is 0 Å². The fourth-order valence-corrected chi connectivity index (χ4v) is 6.07. The molecule has 0 amide bonds. The van der Waals surface area contributed by atoms with Gasteiger partial charge in [0.25, 0.3) is 0 Å². The summed E-state index contributed by atoms with van der Waals surface area (Å²) in [7, 11) is 0. The van der Waals surface area contributed by atoms with Gasteiger partial charge in [-0.3, -0.25) is 4.57 Å². The molecular formula is C36H22N6. The molecule has 0 unspecified atom stereocenters. The molecule has 0 fully saturated rings. The van der Waals surface area contributed by atoms with E-state index in [0.29, 0.717) is 17.6 Å². The minimum atomic E-state index is 0.550. The monoisotopic (exact) mass is 538 g/mol. The van der Waals surface area contributed by atoms with Crippen LogP contribution in [0, 0.1) is 0 Å². The lowest BCUT2D eigenvalue weighted by Crippen LogP contribution is -2.07. The summed E-state index contributed by atoms with van der Waals surface area (Å²) in [6.07, 6.45) is 0. The first-order valence-electron chi connectivity index (χ1n) is 13.9. The third-order valence-electron chi connectivity index (χ3n) is 7.96. The number of benzene rings is 5.